The maximum absolute atomic E-state index is 12.0. The van der Waals surface area contributed by atoms with Crippen LogP contribution in [-0.4, -0.2) is 17.1 Å². The molecule has 1 aromatic heterocycles. The first kappa shape index (κ1) is 14.8. The average molecular weight is 253 g/mol. The number of furan rings is 1. The highest BCUT2D eigenvalue weighted by Gasteiger charge is 2.27. The molecule has 2 atom stereocenters. The SMILES string of the molecule is CCC(C)(C)C(=O)NC(C)CC(O)c1ccco1. The highest BCUT2D eigenvalue weighted by atomic mass is 16.4. The number of hydrogen-bond donors (Lipinski definition) is 2. The van der Waals surface area contributed by atoms with Gasteiger partial charge in [-0.15, -0.1) is 0 Å². The Morgan fingerprint density at radius 1 is 1.56 bits per heavy atom. The van der Waals surface area contributed by atoms with Crippen LogP contribution in [0.5, 0.6) is 0 Å². The van der Waals surface area contributed by atoms with Gasteiger partial charge in [0.25, 0.3) is 0 Å². The minimum atomic E-state index is -0.681. The Hall–Kier alpha value is -1.29. The minimum Gasteiger partial charge on any atom is -0.467 e. The topological polar surface area (TPSA) is 62.5 Å². The number of carbonyl (C=O) groups is 1. The molecule has 0 saturated carbocycles. The third kappa shape index (κ3) is 3.88. The number of rotatable bonds is 6. The molecule has 102 valence electrons. The smallest absolute Gasteiger partial charge is 0.225 e. The van der Waals surface area contributed by atoms with Gasteiger partial charge in [0.05, 0.1) is 6.26 Å². The highest BCUT2D eigenvalue weighted by molar-refractivity contribution is 5.81. The lowest BCUT2D eigenvalue weighted by Crippen LogP contribution is -2.42. The summed E-state index contributed by atoms with van der Waals surface area (Å²) in [6.07, 6.45) is 2.08. The van der Waals surface area contributed by atoms with Gasteiger partial charge < -0.3 is 14.8 Å². The van der Waals surface area contributed by atoms with Gasteiger partial charge in [0.2, 0.25) is 5.91 Å². The second kappa shape index (κ2) is 6.05. The van der Waals surface area contributed by atoms with Gasteiger partial charge in [0.1, 0.15) is 11.9 Å². The lowest BCUT2D eigenvalue weighted by molar-refractivity contribution is -0.130. The molecule has 0 radical (unpaired) electrons. The number of aliphatic hydroxyl groups excluding tert-OH is 1. The Labute approximate surface area is 108 Å². The molecule has 0 aliphatic heterocycles. The second-order valence-electron chi connectivity index (χ2n) is 5.38. The van der Waals surface area contributed by atoms with E-state index in [1.54, 1.807) is 12.1 Å². The average Bonchev–Trinajstić information content (AvgIpc) is 2.82. The maximum Gasteiger partial charge on any atom is 0.225 e. The molecule has 2 unspecified atom stereocenters. The normalized spacial score (nSPS) is 15.2. The van der Waals surface area contributed by atoms with Crippen molar-refractivity contribution in [2.45, 2.75) is 52.7 Å². The zero-order chi connectivity index (χ0) is 13.8. The van der Waals surface area contributed by atoms with Crippen LogP contribution in [0.1, 0.15) is 52.4 Å². The molecule has 0 aliphatic rings. The van der Waals surface area contributed by atoms with Gasteiger partial charge in [-0.1, -0.05) is 20.8 Å². The summed E-state index contributed by atoms with van der Waals surface area (Å²) in [5.41, 5.74) is -0.371. The Kier molecular flexibility index (Phi) is 4.96. The predicted octanol–water partition coefficient (Wildman–Crippen LogP) is 2.64. The standard InChI is InChI=1S/C14H23NO3/c1-5-14(3,4)13(17)15-10(2)9-11(16)12-7-6-8-18-12/h6-8,10-11,16H,5,9H2,1-4H3,(H,15,17). The monoisotopic (exact) mass is 253 g/mol. The van der Waals surface area contributed by atoms with E-state index in [4.69, 9.17) is 4.42 Å². The fraction of sp³-hybridized carbons (Fsp3) is 0.643. The molecule has 0 aromatic carbocycles. The van der Waals surface area contributed by atoms with Crippen LogP contribution in [0.15, 0.2) is 22.8 Å². The third-order valence-corrected chi connectivity index (χ3v) is 3.32. The number of aliphatic hydroxyl groups is 1. The zero-order valence-corrected chi connectivity index (χ0v) is 11.6. The molecule has 18 heavy (non-hydrogen) atoms. The van der Waals surface area contributed by atoms with Crippen molar-refractivity contribution in [3.8, 4) is 0 Å². The van der Waals surface area contributed by atoms with Crippen molar-refractivity contribution in [3.05, 3.63) is 24.2 Å². The van der Waals surface area contributed by atoms with Gasteiger partial charge in [-0.3, -0.25) is 4.79 Å². The fourth-order valence-electron chi connectivity index (χ4n) is 1.57. The molecular formula is C14H23NO3. The quantitative estimate of drug-likeness (QED) is 0.819. The molecule has 1 amide bonds. The molecule has 1 heterocycles. The first-order valence-corrected chi connectivity index (χ1v) is 6.39. The molecule has 0 aliphatic carbocycles. The third-order valence-electron chi connectivity index (χ3n) is 3.32. The van der Waals surface area contributed by atoms with Crippen molar-refractivity contribution in [2.75, 3.05) is 0 Å². The van der Waals surface area contributed by atoms with Crippen LogP contribution in [0.4, 0.5) is 0 Å². The van der Waals surface area contributed by atoms with E-state index in [0.717, 1.165) is 6.42 Å². The zero-order valence-electron chi connectivity index (χ0n) is 11.6. The largest absolute Gasteiger partial charge is 0.467 e. The summed E-state index contributed by atoms with van der Waals surface area (Å²) >= 11 is 0. The molecule has 2 N–H and O–H groups in total. The van der Waals surface area contributed by atoms with Crippen LogP contribution in [0.2, 0.25) is 0 Å². The van der Waals surface area contributed by atoms with Gasteiger partial charge in [0, 0.05) is 17.9 Å². The van der Waals surface area contributed by atoms with Gasteiger partial charge in [0.15, 0.2) is 0 Å². The summed E-state index contributed by atoms with van der Waals surface area (Å²) in [7, 11) is 0. The van der Waals surface area contributed by atoms with Gasteiger partial charge in [-0.25, -0.2) is 0 Å². The molecule has 1 aromatic rings. The van der Waals surface area contributed by atoms with Gasteiger partial charge in [-0.2, -0.15) is 0 Å². The maximum atomic E-state index is 12.0. The van der Waals surface area contributed by atoms with E-state index in [1.807, 2.05) is 27.7 Å². The highest BCUT2D eigenvalue weighted by Crippen LogP contribution is 2.22. The van der Waals surface area contributed by atoms with Crippen LogP contribution in [-0.2, 0) is 4.79 Å². The number of carbonyl (C=O) groups excluding carboxylic acids is 1. The van der Waals surface area contributed by atoms with Crippen LogP contribution in [0, 0.1) is 5.41 Å². The number of nitrogens with one attached hydrogen (secondary N) is 1. The van der Waals surface area contributed by atoms with E-state index >= 15 is 0 Å². The molecule has 4 nitrogen and oxygen atoms in total. The summed E-state index contributed by atoms with van der Waals surface area (Å²) in [6.45, 7) is 7.70. The van der Waals surface area contributed by atoms with E-state index in [-0.39, 0.29) is 17.4 Å². The van der Waals surface area contributed by atoms with Crippen molar-refractivity contribution in [3.63, 3.8) is 0 Å². The molecule has 0 bridgehead atoms. The van der Waals surface area contributed by atoms with Crippen LogP contribution in [0.3, 0.4) is 0 Å². The summed E-state index contributed by atoms with van der Waals surface area (Å²) in [4.78, 5) is 12.0. The first-order chi connectivity index (χ1) is 8.36. The fourth-order valence-corrected chi connectivity index (χ4v) is 1.57. The molecular weight excluding hydrogens is 230 g/mol. The van der Waals surface area contributed by atoms with E-state index < -0.39 is 6.10 Å². The van der Waals surface area contributed by atoms with Crippen molar-refractivity contribution in [1.29, 1.82) is 0 Å². The first-order valence-electron chi connectivity index (χ1n) is 6.39. The van der Waals surface area contributed by atoms with Crippen LogP contribution in [0.25, 0.3) is 0 Å². The molecule has 1 rings (SSSR count). The van der Waals surface area contributed by atoms with Crippen molar-refractivity contribution >= 4 is 5.91 Å². The summed E-state index contributed by atoms with van der Waals surface area (Å²) < 4.78 is 5.13. The van der Waals surface area contributed by atoms with E-state index in [9.17, 15) is 9.90 Å². The minimum absolute atomic E-state index is 0.0177. The van der Waals surface area contributed by atoms with E-state index in [2.05, 4.69) is 5.32 Å². The summed E-state index contributed by atoms with van der Waals surface area (Å²) in [5, 5.41) is 12.8. The van der Waals surface area contributed by atoms with Crippen LogP contribution < -0.4 is 5.32 Å². The Balaban J connectivity index is 2.47. The Bertz CT molecular complexity index is 370. The van der Waals surface area contributed by atoms with Gasteiger partial charge in [-0.05, 0) is 25.5 Å². The lowest BCUT2D eigenvalue weighted by Gasteiger charge is -2.25. The van der Waals surface area contributed by atoms with E-state index in [0.29, 0.717) is 12.2 Å². The Morgan fingerprint density at radius 3 is 2.72 bits per heavy atom. The molecule has 4 heteroatoms. The molecule has 0 fully saturated rings. The van der Waals surface area contributed by atoms with Crippen LogP contribution >= 0.6 is 0 Å². The number of amides is 1. The summed E-state index contributed by atoms with van der Waals surface area (Å²) in [5.74, 6) is 0.551. The predicted molar refractivity (Wildman–Crippen MR) is 70.0 cm³/mol. The van der Waals surface area contributed by atoms with Crippen molar-refractivity contribution in [1.82, 2.24) is 5.32 Å². The lowest BCUT2D eigenvalue weighted by atomic mass is 9.89. The van der Waals surface area contributed by atoms with Crippen molar-refractivity contribution < 1.29 is 14.3 Å². The Morgan fingerprint density at radius 2 is 2.22 bits per heavy atom. The second-order valence-corrected chi connectivity index (χ2v) is 5.38. The van der Waals surface area contributed by atoms with Gasteiger partial charge >= 0.3 is 0 Å². The van der Waals surface area contributed by atoms with E-state index in [1.165, 1.54) is 6.26 Å². The van der Waals surface area contributed by atoms with Crippen molar-refractivity contribution in [2.24, 2.45) is 5.41 Å². The molecule has 0 spiro atoms. The summed E-state index contributed by atoms with van der Waals surface area (Å²) in [6, 6.07) is 3.38. The number of hydrogen-bond acceptors (Lipinski definition) is 3. The molecule has 0 saturated heterocycles.